The van der Waals surface area contributed by atoms with Crippen molar-refractivity contribution >= 4 is 70.1 Å². The predicted octanol–water partition coefficient (Wildman–Crippen LogP) is 4.22. The Balaban J connectivity index is 0.000000253. The van der Waals surface area contributed by atoms with Crippen molar-refractivity contribution in [3.05, 3.63) is 144 Å². The molecule has 0 aliphatic heterocycles. The van der Waals surface area contributed by atoms with Gasteiger partial charge in [-0.05, 0) is 0 Å². The molecule has 4 aromatic carbocycles. The van der Waals surface area contributed by atoms with Crippen LogP contribution in [0.3, 0.4) is 0 Å². The molecule has 184 valence electrons. The van der Waals surface area contributed by atoms with E-state index in [1.165, 1.54) is 22.3 Å². The van der Waals surface area contributed by atoms with Crippen molar-refractivity contribution < 1.29 is 19.5 Å². The van der Waals surface area contributed by atoms with Crippen LogP contribution in [0.1, 0.15) is 22.3 Å². The second-order valence-corrected chi connectivity index (χ2v) is 14.1. The van der Waals surface area contributed by atoms with Gasteiger partial charge in [-0.15, -0.1) is 0 Å². The second-order valence-electron chi connectivity index (χ2n) is 8.19. The van der Waals surface area contributed by atoms with E-state index >= 15 is 0 Å². The van der Waals surface area contributed by atoms with Gasteiger partial charge in [0.1, 0.15) is 0 Å². The van der Waals surface area contributed by atoms with Crippen molar-refractivity contribution in [1.82, 2.24) is 9.80 Å². The van der Waals surface area contributed by atoms with Crippen LogP contribution in [0.25, 0.3) is 0 Å². The third-order valence-corrected chi connectivity index (χ3v) is 7.55. The molecule has 0 spiro atoms. The van der Waals surface area contributed by atoms with Crippen LogP contribution in [0.2, 0.25) is 0 Å². The molecule has 0 N–H and O–H groups in total. The van der Waals surface area contributed by atoms with E-state index in [9.17, 15) is 0 Å². The van der Waals surface area contributed by atoms with Crippen molar-refractivity contribution in [2.45, 2.75) is 26.2 Å². The fourth-order valence-corrected chi connectivity index (χ4v) is 4.67. The Morgan fingerprint density at radius 2 is 0.595 bits per heavy atom. The summed E-state index contributed by atoms with van der Waals surface area (Å²) in [6.07, 6.45) is 0. The fraction of sp³-hybridized carbons (Fsp3) is 0.133. The quantitative estimate of drug-likeness (QED) is 0.222. The summed E-state index contributed by atoms with van der Waals surface area (Å²) in [7, 11) is 0. The first kappa shape index (κ1) is 32.1. The fourth-order valence-electron chi connectivity index (χ4n) is 3.59. The Morgan fingerprint density at radius 1 is 0.405 bits per heavy atom. The Morgan fingerprint density at radius 3 is 0.757 bits per heavy atom. The molecule has 7 heteroatoms. The predicted molar refractivity (Wildman–Crippen MR) is 157 cm³/mol. The van der Waals surface area contributed by atoms with E-state index in [0.717, 1.165) is 33.1 Å². The van der Waals surface area contributed by atoms with Gasteiger partial charge in [-0.3, -0.25) is 0 Å². The van der Waals surface area contributed by atoms with Gasteiger partial charge in [0.05, 0.1) is 0 Å². The van der Waals surface area contributed by atoms with Crippen LogP contribution >= 0.6 is 0 Å². The third-order valence-electron chi connectivity index (χ3n) is 5.38. The maximum absolute atomic E-state index is 3.07. The van der Waals surface area contributed by atoms with Crippen LogP contribution in [0, 0.1) is 0 Å². The molecule has 37 heavy (non-hydrogen) atoms. The van der Waals surface area contributed by atoms with Gasteiger partial charge < -0.3 is 0 Å². The van der Waals surface area contributed by atoms with E-state index in [-0.39, 0.29) is 19.5 Å². The molecular weight excluding hydrogens is 770 g/mol. The van der Waals surface area contributed by atoms with Gasteiger partial charge in [0.15, 0.2) is 0 Å². The monoisotopic (exact) mass is 800 g/mol. The Kier molecular flexibility index (Phi) is 15.9. The van der Waals surface area contributed by atoms with Crippen LogP contribution < -0.4 is 0 Å². The molecular formula is C30H28N2Se4Zn. The largest absolute Gasteiger partial charge is 0 e. The Hall–Kier alpha value is -1.08. The van der Waals surface area contributed by atoms with Gasteiger partial charge in [-0.2, -0.15) is 0 Å². The second kappa shape index (κ2) is 18.3. The number of nitrogens with zero attached hydrogens (tertiary/aromatic N) is 2. The summed E-state index contributed by atoms with van der Waals surface area (Å²) >= 11 is 12.3. The first-order valence-electron chi connectivity index (χ1n) is 11.6. The normalized spacial score (nSPS) is 9.73. The average molecular weight is 798 g/mol. The summed E-state index contributed by atoms with van der Waals surface area (Å²) in [5.41, 5.74) is 5.26. The molecule has 0 amide bonds. The smallest absolute Gasteiger partial charge is 0 e. The maximum atomic E-state index is 3.07. The first-order valence-corrected chi connectivity index (χ1v) is 15.0. The summed E-state index contributed by atoms with van der Waals surface area (Å²) < 4.78 is 2.20. The standard InChI is InChI=1S/2C15H14NSe2.Zn/c2*17-15(18)16(11-13-7-3-1-4-8-13)12-14-9-5-2-6-10-14;/h2*1-10H,11-12H2;. The minimum Gasteiger partial charge on any atom is 0 e. The molecule has 2 nitrogen and oxygen atoms in total. The molecule has 0 bridgehead atoms. The van der Waals surface area contributed by atoms with Crippen molar-refractivity contribution in [2.75, 3.05) is 0 Å². The maximum Gasteiger partial charge on any atom is 0 e. The first-order chi connectivity index (χ1) is 17.5. The molecule has 0 saturated carbocycles. The van der Waals surface area contributed by atoms with Crippen molar-refractivity contribution in [3.8, 4) is 0 Å². The molecule has 2 radical (unpaired) electrons. The van der Waals surface area contributed by atoms with Crippen LogP contribution in [-0.4, -0.2) is 79.9 Å². The van der Waals surface area contributed by atoms with E-state index < -0.39 is 0 Å². The van der Waals surface area contributed by atoms with Gasteiger partial charge in [-0.1, -0.05) is 0 Å². The molecule has 0 aliphatic rings. The average Bonchev–Trinajstić information content (AvgIpc) is 2.91. The summed E-state index contributed by atoms with van der Waals surface area (Å²) in [4.78, 5) is 4.59. The van der Waals surface area contributed by atoms with Gasteiger partial charge in [0.2, 0.25) is 0 Å². The number of rotatable bonds is 10. The van der Waals surface area contributed by atoms with E-state index in [4.69, 9.17) is 0 Å². The van der Waals surface area contributed by atoms with Crippen LogP contribution in [0.4, 0.5) is 0 Å². The zero-order chi connectivity index (χ0) is 25.6. The van der Waals surface area contributed by atoms with Gasteiger partial charge in [0, 0.05) is 19.5 Å². The van der Waals surface area contributed by atoms with E-state index in [1.54, 1.807) is 0 Å². The van der Waals surface area contributed by atoms with Crippen molar-refractivity contribution in [1.29, 1.82) is 0 Å². The molecule has 0 atom stereocenters. The number of hydrogen-bond donors (Lipinski definition) is 0. The third kappa shape index (κ3) is 12.5. The van der Waals surface area contributed by atoms with Crippen LogP contribution in [0.5, 0.6) is 0 Å². The van der Waals surface area contributed by atoms with Crippen LogP contribution in [-0.2, 0) is 45.7 Å². The minimum atomic E-state index is 0. The SMILES string of the molecule is [Se]C(=[Se])N(Cc1ccccc1)Cc1ccccc1.[Se]C(=[Se])N(Cc1ccccc1)Cc1ccccc1.[Zn]. The summed E-state index contributed by atoms with van der Waals surface area (Å²) in [6.45, 7) is 3.63. The molecule has 0 saturated heterocycles. The van der Waals surface area contributed by atoms with Gasteiger partial charge in [-0.25, -0.2) is 0 Å². The summed E-state index contributed by atoms with van der Waals surface area (Å²) in [5.74, 6) is 0. The van der Waals surface area contributed by atoms with E-state index in [2.05, 4.69) is 170 Å². The molecule has 0 aliphatic carbocycles. The Bertz CT molecular complexity index is 1010. The molecule has 4 aromatic rings. The van der Waals surface area contributed by atoms with Gasteiger partial charge >= 0.3 is 250 Å². The summed E-state index contributed by atoms with van der Waals surface area (Å²) in [5, 5.41) is 0. The zero-order valence-corrected chi connectivity index (χ0v) is 30.4. The van der Waals surface area contributed by atoms with Gasteiger partial charge in [0.25, 0.3) is 0 Å². The molecule has 0 aromatic heterocycles. The molecule has 0 heterocycles. The Labute approximate surface area is 266 Å². The van der Waals surface area contributed by atoms with Crippen molar-refractivity contribution in [2.24, 2.45) is 0 Å². The van der Waals surface area contributed by atoms with Crippen molar-refractivity contribution in [3.63, 3.8) is 0 Å². The molecule has 0 unspecified atom stereocenters. The number of benzene rings is 4. The van der Waals surface area contributed by atoms with Crippen LogP contribution in [0.15, 0.2) is 121 Å². The zero-order valence-electron chi connectivity index (χ0n) is 20.6. The molecule has 4 rings (SSSR count). The summed E-state index contributed by atoms with van der Waals surface area (Å²) in [6, 6.07) is 42.0. The van der Waals surface area contributed by atoms with E-state index in [1.807, 2.05) is 24.3 Å². The number of hydrogen-bond acceptors (Lipinski definition) is 2. The molecule has 0 fully saturated rings. The minimum absolute atomic E-state index is 0. The van der Waals surface area contributed by atoms with E-state index in [0.29, 0.717) is 0 Å². The topological polar surface area (TPSA) is 6.48 Å².